The van der Waals surface area contributed by atoms with E-state index in [1.165, 1.54) is 16.3 Å². The summed E-state index contributed by atoms with van der Waals surface area (Å²) in [4.78, 5) is 27.7. The number of carbonyl (C=O) groups excluding carboxylic acids is 2. The van der Waals surface area contributed by atoms with Crippen LogP contribution in [0.5, 0.6) is 11.5 Å². The Balaban J connectivity index is 2.19. The Hall–Kier alpha value is -3.27. The van der Waals surface area contributed by atoms with Crippen molar-refractivity contribution in [3.05, 3.63) is 54.1 Å². The highest BCUT2D eigenvalue weighted by molar-refractivity contribution is 7.92. The summed E-state index contributed by atoms with van der Waals surface area (Å²) in [5.74, 6) is 0.926. The fourth-order valence-corrected chi connectivity index (χ4v) is 4.75. The summed E-state index contributed by atoms with van der Waals surface area (Å²) in [6.07, 6.45) is 1.46. The van der Waals surface area contributed by atoms with Crippen LogP contribution >= 0.6 is 0 Å². The molecule has 0 heterocycles. The van der Waals surface area contributed by atoms with Crippen LogP contribution in [0.4, 0.5) is 5.69 Å². The van der Waals surface area contributed by atoms with Gasteiger partial charge in [0.2, 0.25) is 21.8 Å². The molecule has 0 radical (unpaired) electrons. The van der Waals surface area contributed by atoms with E-state index in [-0.39, 0.29) is 43.7 Å². The van der Waals surface area contributed by atoms with Crippen molar-refractivity contribution in [1.29, 1.82) is 0 Å². The number of nitrogens with zero attached hydrogens (tertiary/aromatic N) is 2. The Bertz CT molecular complexity index is 1140. The topological polar surface area (TPSA) is 105 Å². The van der Waals surface area contributed by atoms with E-state index in [0.717, 1.165) is 11.8 Å². The summed E-state index contributed by atoms with van der Waals surface area (Å²) in [7, 11) is -0.559. The Labute approximate surface area is 220 Å². The van der Waals surface area contributed by atoms with Crippen molar-refractivity contribution in [3.8, 4) is 11.5 Å². The first-order chi connectivity index (χ1) is 17.5. The molecule has 0 unspecified atom stereocenters. The second-order valence-corrected chi connectivity index (χ2v) is 11.2. The van der Waals surface area contributed by atoms with E-state index in [4.69, 9.17) is 9.47 Å². The molecule has 0 bridgehead atoms. The predicted molar refractivity (Wildman–Crippen MR) is 145 cm³/mol. The second-order valence-electron chi connectivity index (χ2n) is 9.30. The van der Waals surface area contributed by atoms with E-state index in [2.05, 4.69) is 5.32 Å². The number of amides is 2. The smallest absolute Gasteiger partial charge is 0.242 e. The zero-order valence-electron chi connectivity index (χ0n) is 22.6. The first-order valence-electron chi connectivity index (χ1n) is 12.3. The molecule has 9 nitrogen and oxygen atoms in total. The third kappa shape index (κ3) is 8.96. The molecule has 1 N–H and O–H groups in total. The van der Waals surface area contributed by atoms with Crippen LogP contribution in [-0.4, -0.2) is 64.7 Å². The monoisotopic (exact) mass is 533 g/mol. The highest BCUT2D eigenvalue weighted by Crippen LogP contribution is 2.29. The molecule has 0 aliphatic heterocycles. The number of rotatable bonds is 14. The van der Waals surface area contributed by atoms with Crippen molar-refractivity contribution in [3.63, 3.8) is 0 Å². The molecule has 1 atom stereocenters. The van der Waals surface area contributed by atoms with Gasteiger partial charge in [0.25, 0.3) is 0 Å². The molecule has 0 saturated carbocycles. The number of anilines is 1. The fraction of sp³-hybridized carbons (Fsp3) is 0.481. The molecule has 0 saturated heterocycles. The molecule has 10 heteroatoms. The van der Waals surface area contributed by atoms with Gasteiger partial charge in [0.1, 0.15) is 17.5 Å². The number of hydrogen-bond acceptors (Lipinski definition) is 6. The van der Waals surface area contributed by atoms with Crippen molar-refractivity contribution in [1.82, 2.24) is 10.2 Å². The number of nitrogens with one attached hydrogen (secondary N) is 1. The minimum absolute atomic E-state index is 0.0686. The Morgan fingerprint density at radius 2 is 1.62 bits per heavy atom. The molecule has 2 amide bonds. The van der Waals surface area contributed by atoms with E-state index in [1.807, 2.05) is 26.0 Å². The van der Waals surface area contributed by atoms with Gasteiger partial charge in [-0.2, -0.15) is 0 Å². The third-order valence-electron chi connectivity index (χ3n) is 5.87. The molecule has 0 spiro atoms. The van der Waals surface area contributed by atoms with Crippen LogP contribution in [0.25, 0.3) is 0 Å². The maximum Gasteiger partial charge on any atom is 0.242 e. The quantitative estimate of drug-likeness (QED) is 0.399. The number of ether oxygens (including phenoxy) is 2. The molecule has 204 valence electrons. The van der Waals surface area contributed by atoms with Gasteiger partial charge in [-0.15, -0.1) is 0 Å². The summed E-state index contributed by atoms with van der Waals surface area (Å²) in [6.45, 7) is 6.54. The summed E-state index contributed by atoms with van der Waals surface area (Å²) in [6, 6.07) is 13.5. The van der Waals surface area contributed by atoms with Gasteiger partial charge in [-0.05, 0) is 49.1 Å². The van der Waals surface area contributed by atoms with Gasteiger partial charge in [-0.3, -0.25) is 13.9 Å². The van der Waals surface area contributed by atoms with Crippen LogP contribution in [0, 0.1) is 5.92 Å². The summed E-state index contributed by atoms with van der Waals surface area (Å²) in [5.41, 5.74) is 1.26. The predicted octanol–water partition coefficient (Wildman–Crippen LogP) is 3.44. The summed E-state index contributed by atoms with van der Waals surface area (Å²) >= 11 is 0. The average molecular weight is 534 g/mol. The standard InChI is InChI=1S/C27H39N3O6S/c1-20(2)18-28-27(32)21(3)29(19-22-13-15-23(35-4)16-14-22)26(31)12-9-17-30(37(6,33)34)24-10-7-8-11-25(24)36-5/h7-8,10-11,13-16,20-21H,9,12,17-19H2,1-6H3,(H,28,32)/t21-/m0/s1. The lowest BCUT2D eigenvalue weighted by atomic mass is 10.1. The van der Waals surface area contributed by atoms with Crippen molar-refractivity contribution >= 4 is 27.5 Å². The fourth-order valence-electron chi connectivity index (χ4n) is 3.78. The molecule has 0 fully saturated rings. The zero-order chi connectivity index (χ0) is 27.6. The van der Waals surface area contributed by atoms with Gasteiger partial charge < -0.3 is 19.7 Å². The van der Waals surface area contributed by atoms with Crippen LogP contribution in [0.15, 0.2) is 48.5 Å². The molecule has 2 rings (SSSR count). The molecule has 0 aliphatic rings. The first kappa shape index (κ1) is 30.0. The number of para-hydroxylation sites is 2. The Kier molecular flexibility index (Phi) is 11.2. The molecule has 0 aromatic heterocycles. The molecular weight excluding hydrogens is 494 g/mol. The van der Waals surface area contributed by atoms with E-state index < -0.39 is 16.1 Å². The summed E-state index contributed by atoms with van der Waals surface area (Å²) in [5, 5.41) is 2.90. The lowest BCUT2D eigenvalue weighted by molar-refractivity contribution is -0.140. The lowest BCUT2D eigenvalue weighted by Gasteiger charge is -2.30. The minimum Gasteiger partial charge on any atom is -0.497 e. The Morgan fingerprint density at radius 3 is 2.19 bits per heavy atom. The van der Waals surface area contributed by atoms with Gasteiger partial charge in [0.15, 0.2) is 0 Å². The zero-order valence-corrected chi connectivity index (χ0v) is 23.4. The highest BCUT2D eigenvalue weighted by Gasteiger charge is 2.27. The van der Waals surface area contributed by atoms with E-state index >= 15 is 0 Å². The normalized spacial score (nSPS) is 12.1. The maximum absolute atomic E-state index is 13.4. The molecule has 0 aliphatic carbocycles. The lowest BCUT2D eigenvalue weighted by Crippen LogP contribution is -2.48. The summed E-state index contributed by atoms with van der Waals surface area (Å²) < 4.78 is 36.9. The number of methoxy groups -OCH3 is 2. The molecule has 37 heavy (non-hydrogen) atoms. The van der Waals surface area contributed by atoms with Crippen LogP contribution in [0.1, 0.15) is 39.2 Å². The number of hydrogen-bond donors (Lipinski definition) is 1. The number of sulfonamides is 1. The van der Waals surface area contributed by atoms with E-state index in [9.17, 15) is 18.0 Å². The van der Waals surface area contributed by atoms with Gasteiger partial charge in [0.05, 0.1) is 26.2 Å². The molecular formula is C27H39N3O6S. The van der Waals surface area contributed by atoms with Gasteiger partial charge >= 0.3 is 0 Å². The number of carbonyl (C=O) groups is 2. The molecule has 2 aromatic rings. The van der Waals surface area contributed by atoms with Crippen LogP contribution in [-0.2, 0) is 26.2 Å². The third-order valence-corrected chi connectivity index (χ3v) is 7.05. The van der Waals surface area contributed by atoms with Crippen LogP contribution in [0.2, 0.25) is 0 Å². The Morgan fingerprint density at radius 1 is 0.973 bits per heavy atom. The van der Waals surface area contributed by atoms with Gasteiger partial charge in [-0.25, -0.2) is 8.42 Å². The molecule has 2 aromatic carbocycles. The number of benzene rings is 2. The van der Waals surface area contributed by atoms with Crippen LogP contribution in [0.3, 0.4) is 0 Å². The van der Waals surface area contributed by atoms with E-state index in [0.29, 0.717) is 23.7 Å². The SMILES string of the molecule is COc1ccc(CN(C(=O)CCCN(c2ccccc2OC)S(C)(=O)=O)[C@@H](C)C(=O)NCC(C)C)cc1. The largest absolute Gasteiger partial charge is 0.497 e. The van der Waals surface area contributed by atoms with E-state index in [1.54, 1.807) is 50.4 Å². The minimum atomic E-state index is -3.62. The van der Waals surface area contributed by atoms with Gasteiger partial charge in [-0.1, -0.05) is 38.1 Å². The highest BCUT2D eigenvalue weighted by atomic mass is 32.2. The average Bonchev–Trinajstić information content (AvgIpc) is 2.87. The van der Waals surface area contributed by atoms with Crippen molar-refractivity contribution < 1.29 is 27.5 Å². The van der Waals surface area contributed by atoms with Crippen molar-refractivity contribution in [2.45, 2.75) is 46.2 Å². The first-order valence-corrected chi connectivity index (χ1v) is 14.1. The van der Waals surface area contributed by atoms with Crippen molar-refractivity contribution in [2.24, 2.45) is 5.92 Å². The van der Waals surface area contributed by atoms with Gasteiger partial charge in [0, 0.05) is 26.1 Å². The second kappa shape index (κ2) is 13.9. The maximum atomic E-state index is 13.4. The van der Waals surface area contributed by atoms with Crippen molar-refractivity contribution in [2.75, 3.05) is 37.9 Å². The van der Waals surface area contributed by atoms with Crippen LogP contribution < -0.4 is 19.1 Å².